The summed E-state index contributed by atoms with van der Waals surface area (Å²) < 4.78 is 19.0. The number of aldehydes is 1. The molecule has 0 aromatic carbocycles. The van der Waals surface area contributed by atoms with Gasteiger partial charge in [-0.2, -0.15) is 0 Å². The first-order valence-electron chi connectivity index (χ1n) is 11.7. The van der Waals surface area contributed by atoms with Gasteiger partial charge in [-0.25, -0.2) is 4.39 Å². The van der Waals surface area contributed by atoms with Crippen molar-refractivity contribution in [1.82, 2.24) is 9.80 Å². The summed E-state index contributed by atoms with van der Waals surface area (Å²) in [5, 5.41) is 0. The van der Waals surface area contributed by atoms with Crippen molar-refractivity contribution >= 4 is 12.2 Å². The highest BCUT2D eigenvalue weighted by Crippen LogP contribution is 2.19. The zero-order valence-electron chi connectivity index (χ0n) is 20.2. The van der Waals surface area contributed by atoms with Crippen LogP contribution in [0.1, 0.15) is 39.5 Å². The van der Waals surface area contributed by atoms with Crippen LogP contribution in [0.25, 0.3) is 0 Å². The van der Waals surface area contributed by atoms with Crippen molar-refractivity contribution in [3.63, 3.8) is 0 Å². The number of carbonyl (C=O) groups excluding carboxylic acids is 2. The fourth-order valence-electron chi connectivity index (χ4n) is 3.66. The highest BCUT2D eigenvalue weighted by Gasteiger charge is 2.22. The lowest BCUT2D eigenvalue weighted by Gasteiger charge is -2.34. The maximum absolute atomic E-state index is 13.2. The second-order valence-electron chi connectivity index (χ2n) is 7.93. The van der Waals surface area contributed by atoms with Crippen LogP contribution < -0.4 is 0 Å². The minimum Gasteiger partial charge on any atom is -0.493 e. The number of allylic oxidation sites excluding steroid dienone is 8. The van der Waals surface area contributed by atoms with E-state index in [2.05, 4.69) is 24.1 Å². The van der Waals surface area contributed by atoms with Gasteiger partial charge in [0, 0.05) is 25.1 Å². The molecule has 0 aliphatic carbocycles. The molecular weight excluding hydrogens is 419 g/mol. The van der Waals surface area contributed by atoms with Crippen LogP contribution >= 0.6 is 0 Å². The second kappa shape index (κ2) is 16.8. The number of ether oxygens (including phenoxy) is 1. The van der Waals surface area contributed by atoms with Crippen molar-refractivity contribution in [2.24, 2.45) is 5.92 Å². The van der Waals surface area contributed by atoms with Crippen LogP contribution in [0.4, 0.5) is 4.39 Å². The highest BCUT2D eigenvalue weighted by atomic mass is 19.1. The molecule has 0 spiro atoms. The number of hydrogen-bond donors (Lipinski definition) is 0. The molecule has 0 bridgehead atoms. The first-order valence-corrected chi connectivity index (χ1v) is 11.7. The zero-order chi connectivity index (χ0) is 24.5. The third kappa shape index (κ3) is 11.1. The lowest BCUT2D eigenvalue weighted by molar-refractivity contribution is -0.134. The van der Waals surface area contributed by atoms with Crippen LogP contribution in [0.5, 0.6) is 0 Å². The van der Waals surface area contributed by atoms with Crippen LogP contribution in [0.3, 0.4) is 0 Å². The fraction of sp³-hybridized carbons (Fsp3) is 0.481. The Labute approximate surface area is 198 Å². The van der Waals surface area contributed by atoms with Gasteiger partial charge >= 0.3 is 0 Å². The Bertz CT molecular complexity index is 759. The van der Waals surface area contributed by atoms with Crippen LogP contribution in [-0.4, -0.2) is 61.3 Å². The van der Waals surface area contributed by atoms with E-state index in [1.165, 1.54) is 6.08 Å². The molecule has 0 radical (unpaired) electrons. The van der Waals surface area contributed by atoms with E-state index in [1.54, 1.807) is 23.1 Å². The number of halogens is 1. The molecule has 1 amide bonds. The van der Waals surface area contributed by atoms with E-state index in [-0.39, 0.29) is 12.5 Å². The summed E-state index contributed by atoms with van der Waals surface area (Å²) in [5.41, 5.74) is 0.770. The number of piperidine rings is 1. The quantitative estimate of drug-likeness (QED) is 0.193. The van der Waals surface area contributed by atoms with Gasteiger partial charge in [-0.1, -0.05) is 44.4 Å². The molecule has 5 nitrogen and oxygen atoms in total. The van der Waals surface area contributed by atoms with Gasteiger partial charge in [-0.3, -0.25) is 9.69 Å². The summed E-state index contributed by atoms with van der Waals surface area (Å²) in [6, 6.07) is 0. The van der Waals surface area contributed by atoms with E-state index in [4.69, 9.17) is 4.74 Å². The minimum atomic E-state index is -0.407. The summed E-state index contributed by atoms with van der Waals surface area (Å²) in [6.07, 6.45) is 15.6. The Kier molecular flexibility index (Phi) is 14.4. The van der Waals surface area contributed by atoms with Gasteiger partial charge in [0.05, 0.1) is 13.2 Å². The van der Waals surface area contributed by atoms with Gasteiger partial charge in [0.1, 0.15) is 17.9 Å². The molecule has 0 saturated carbocycles. The molecule has 1 fully saturated rings. The standard InChI is InChI=1S/C27H39FN2O3/c1-5-11-27(32)30(20-21-31)22-23-15-18-29(19-16-23)17-10-14-26(33-8-4)24(6-2)12-9-13-25(28)7-3/h6-7,9-10,12-14,21,23H,2-3,5,8,11,15-20,22H2,1,4H3/b12-9+,14-10+,25-13+,26-24-. The van der Waals surface area contributed by atoms with E-state index < -0.39 is 5.83 Å². The maximum atomic E-state index is 13.2. The lowest BCUT2D eigenvalue weighted by atomic mass is 9.96. The molecule has 0 aromatic heterocycles. The van der Waals surface area contributed by atoms with Gasteiger partial charge < -0.3 is 14.4 Å². The number of rotatable bonds is 15. The maximum Gasteiger partial charge on any atom is 0.222 e. The molecule has 0 aromatic rings. The summed E-state index contributed by atoms with van der Waals surface area (Å²) in [6.45, 7) is 15.1. The zero-order valence-corrected chi connectivity index (χ0v) is 20.2. The number of likely N-dealkylation sites (tertiary alicyclic amines) is 1. The van der Waals surface area contributed by atoms with Crippen LogP contribution in [0.15, 0.2) is 72.8 Å². The Balaban J connectivity index is 2.66. The van der Waals surface area contributed by atoms with Crippen molar-refractivity contribution in [1.29, 1.82) is 0 Å². The van der Waals surface area contributed by atoms with Gasteiger partial charge in [0.25, 0.3) is 0 Å². The van der Waals surface area contributed by atoms with E-state index in [1.807, 2.05) is 19.9 Å². The second-order valence-corrected chi connectivity index (χ2v) is 7.93. The third-order valence-electron chi connectivity index (χ3n) is 5.46. The van der Waals surface area contributed by atoms with E-state index in [9.17, 15) is 14.0 Å². The highest BCUT2D eigenvalue weighted by molar-refractivity contribution is 5.78. The summed E-state index contributed by atoms with van der Waals surface area (Å²) in [4.78, 5) is 27.2. The van der Waals surface area contributed by atoms with E-state index in [0.717, 1.165) is 56.8 Å². The topological polar surface area (TPSA) is 49.9 Å². The average Bonchev–Trinajstić information content (AvgIpc) is 2.82. The monoisotopic (exact) mass is 458 g/mol. The van der Waals surface area contributed by atoms with Gasteiger partial charge in [-0.15, -0.1) is 0 Å². The predicted octanol–water partition coefficient (Wildman–Crippen LogP) is 5.15. The predicted molar refractivity (Wildman–Crippen MR) is 133 cm³/mol. The van der Waals surface area contributed by atoms with Crippen molar-refractivity contribution in [2.75, 3.05) is 39.3 Å². The van der Waals surface area contributed by atoms with E-state index >= 15 is 0 Å². The number of nitrogens with zero attached hydrogens (tertiary/aromatic N) is 2. The molecule has 33 heavy (non-hydrogen) atoms. The minimum absolute atomic E-state index is 0.0694. The first kappa shape index (κ1) is 28.3. The molecule has 0 N–H and O–H groups in total. The van der Waals surface area contributed by atoms with E-state index in [0.29, 0.717) is 31.2 Å². The lowest BCUT2D eigenvalue weighted by Crippen LogP contribution is -2.41. The summed E-state index contributed by atoms with van der Waals surface area (Å²) in [5.74, 6) is 0.770. The molecule has 1 heterocycles. The van der Waals surface area contributed by atoms with Gasteiger partial charge in [0.15, 0.2) is 0 Å². The molecule has 6 heteroatoms. The SMILES string of the molecule is C=CC(/C=C/C=C(/F)C=C)=C(\C=C\CN1CCC(CN(CC=O)C(=O)CCC)CC1)OCC. The molecular formula is C27H39FN2O3. The Hall–Kier alpha value is -2.73. The first-order chi connectivity index (χ1) is 16.0. The van der Waals surface area contributed by atoms with Gasteiger partial charge in [-0.05, 0) is 63.4 Å². The van der Waals surface area contributed by atoms with Crippen LogP contribution in [0.2, 0.25) is 0 Å². The fourth-order valence-corrected chi connectivity index (χ4v) is 3.66. The largest absolute Gasteiger partial charge is 0.493 e. The Morgan fingerprint density at radius 1 is 1.18 bits per heavy atom. The molecule has 0 atom stereocenters. The Morgan fingerprint density at radius 3 is 2.48 bits per heavy atom. The summed E-state index contributed by atoms with van der Waals surface area (Å²) >= 11 is 0. The van der Waals surface area contributed by atoms with Crippen molar-refractivity contribution in [3.05, 3.63) is 72.8 Å². The molecule has 1 saturated heterocycles. The van der Waals surface area contributed by atoms with Crippen molar-refractivity contribution in [3.8, 4) is 0 Å². The third-order valence-corrected chi connectivity index (χ3v) is 5.46. The number of carbonyl (C=O) groups is 2. The van der Waals surface area contributed by atoms with Gasteiger partial charge in [0.2, 0.25) is 5.91 Å². The van der Waals surface area contributed by atoms with Crippen molar-refractivity contribution in [2.45, 2.75) is 39.5 Å². The van der Waals surface area contributed by atoms with Crippen molar-refractivity contribution < 1.29 is 18.7 Å². The number of amides is 1. The molecule has 182 valence electrons. The Morgan fingerprint density at radius 2 is 1.91 bits per heavy atom. The molecule has 1 rings (SSSR count). The summed E-state index contributed by atoms with van der Waals surface area (Å²) in [7, 11) is 0. The smallest absolute Gasteiger partial charge is 0.222 e. The molecule has 0 unspecified atom stereocenters. The molecule has 1 aliphatic rings. The van der Waals surface area contributed by atoms with Crippen LogP contribution in [-0.2, 0) is 14.3 Å². The van der Waals surface area contributed by atoms with Crippen LogP contribution in [0, 0.1) is 5.92 Å². The average molecular weight is 459 g/mol. The normalized spacial score (nSPS) is 16.6. The molecule has 1 aliphatic heterocycles. The number of hydrogen-bond acceptors (Lipinski definition) is 4.